The number of benzene rings is 3. The minimum absolute atomic E-state index is 0.146. The number of fused-ring (bicyclic) bond motifs is 1. The van der Waals surface area contributed by atoms with Crippen LogP contribution in [-0.2, 0) is 13.7 Å². The molecule has 194 valence electrons. The van der Waals surface area contributed by atoms with Gasteiger partial charge in [-0.1, -0.05) is 60.7 Å². The van der Waals surface area contributed by atoms with Gasteiger partial charge in [-0.2, -0.15) is 9.61 Å². The lowest BCUT2D eigenvalue weighted by molar-refractivity contribution is 0.306. The minimum atomic E-state index is -0.146. The van der Waals surface area contributed by atoms with E-state index in [-0.39, 0.29) is 5.56 Å². The Morgan fingerprint density at radius 1 is 0.821 bits per heavy atom. The number of hydrogen-bond acceptors (Lipinski definition) is 5. The summed E-state index contributed by atoms with van der Waals surface area (Å²) in [6.45, 7) is 2.43. The standard InChI is InChI=1S/C32H27N3O3S/c1-21-28(23-13-17-26(18-14-23)38-20-22-11-15-25(37-3)16-12-22)32(36)35-31(34(21)2)29(27-10-7-19-39-27)30(33-35)24-8-5-4-6-9-24/h4-19H,20H2,1-3H3. The molecule has 3 heterocycles. The molecule has 0 spiro atoms. The molecule has 0 saturated heterocycles. The van der Waals surface area contributed by atoms with Crippen LogP contribution in [0.15, 0.2) is 101 Å². The lowest BCUT2D eigenvalue weighted by Gasteiger charge is -2.14. The molecule has 7 heteroatoms. The van der Waals surface area contributed by atoms with Crippen LogP contribution in [-0.4, -0.2) is 21.3 Å². The van der Waals surface area contributed by atoms with Crippen molar-refractivity contribution in [2.75, 3.05) is 7.11 Å². The molecule has 0 radical (unpaired) electrons. The normalized spacial score (nSPS) is 11.2. The van der Waals surface area contributed by atoms with Crippen molar-refractivity contribution in [2.45, 2.75) is 13.5 Å². The SMILES string of the molecule is COc1ccc(COc2ccc(-c3c(C)n(C)c4c(-c5cccs5)c(-c5ccccc5)nn4c3=O)cc2)cc1. The second-order valence-electron chi connectivity index (χ2n) is 9.29. The maximum Gasteiger partial charge on any atom is 0.282 e. The number of aromatic nitrogens is 3. The van der Waals surface area contributed by atoms with Gasteiger partial charge < -0.3 is 14.0 Å². The summed E-state index contributed by atoms with van der Waals surface area (Å²) in [6, 6.07) is 29.6. The Morgan fingerprint density at radius 2 is 1.54 bits per heavy atom. The fourth-order valence-electron chi connectivity index (χ4n) is 4.83. The summed E-state index contributed by atoms with van der Waals surface area (Å²) in [5, 5.41) is 6.92. The highest BCUT2D eigenvalue weighted by Gasteiger charge is 2.24. The maximum absolute atomic E-state index is 14.0. The summed E-state index contributed by atoms with van der Waals surface area (Å²) in [4.78, 5) is 15.0. The van der Waals surface area contributed by atoms with Crippen molar-refractivity contribution in [3.63, 3.8) is 0 Å². The van der Waals surface area contributed by atoms with Gasteiger partial charge in [-0.3, -0.25) is 4.79 Å². The van der Waals surface area contributed by atoms with Gasteiger partial charge in [-0.15, -0.1) is 11.3 Å². The quantitative estimate of drug-likeness (QED) is 0.222. The zero-order valence-corrected chi connectivity index (χ0v) is 22.7. The number of thiophene rings is 1. The van der Waals surface area contributed by atoms with Gasteiger partial charge in [-0.25, -0.2) is 0 Å². The Labute approximate surface area is 230 Å². The lowest BCUT2D eigenvalue weighted by Crippen LogP contribution is -2.22. The van der Waals surface area contributed by atoms with Crippen LogP contribution < -0.4 is 15.0 Å². The van der Waals surface area contributed by atoms with E-state index in [2.05, 4.69) is 10.6 Å². The van der Waals surface area contributed by atoms with Crippen LogP contribution in [0.4, 0.5) is 0 Å². The summed E-state index contributed by atoms with van der Waals surface area (Å²) >= 11 is 1.64. The summed E-state index contributed by atoms with van der Waals surface area (Å²) in [7, 11) is 3.64. The van der Waals surface area contributed by atoms with E-state index >= 15 is 0 Å². The largest absolute Gasteiger partial charge is 0.497 e. The van der Waals surface area contributed by atoms with Gasteiger partial charge in [0.05, 0.1) is 18.2 Å². The highest BCUT2D eigenvalue weighted by atomic mass is 32.1. The molecule has 0 amide bonds. The van der Waals surface area contributed by atoms with Gasteiger partial charge >= 0.3 is 0 Å². The van der Waals surface area contributed by atoms with Crippen LogP contribution in [0.5, 0.6) is 11.5 Å². The summed E-state index contributed by atoms with van der Waals surface area (Å²) in [5.41, 5.74) is 6.72. The van der Waals surface area contributed by atoms with E-state index in [0.29, 0.717) is 12.2 Å². The van der Waals surface area contributed by atoms with Crippen molar-refractivity contribution in [2.24, 2.45) is 7.05 Å². The van der Waals surface area contributed by atoms with Gasteiger partial charge in [-0.05, 0) is 53.8 Å². The number of aryl methyl sites for hydroxylation is 1. The molecule has 0 atom stereocenters. The fourth-order valence-corrected chi connectivity index (χ4v) is 5.60. The predicted octanol–water partition coefficient (Wildman–Crippen LogP) is 6.99. The Hall–Kier alpha value is -4.62. The highest BCUT2D eigenvalue weighted by Crippen LogP contribution is 2.38. The number of rotatable bonds is 7. The molecule has 3 aromatic heterocycles. The number of methoxy groups -OCH3 is 1. The van der Waals surface area contributed by atoms with E-state index in [0.717, 1.165) is 55.7 Å². The van der Waals surface area contributed by atoms with Crippen LogP contribution in [0.2, 0.25) is 0 Å². The molecule has 6 rings (SSSR count). The van der Waals surface area contributed by atoms with Crippen LogP contribution in [0.25, 0.3) is 38.5 Å². The molecule has 0 bridgehead atoms. The second-order valence-corrected chi connectivity index (χ2v) is 10.2. The van der Waals surface area contributed by atoms with Gasteiger partial charge in [0.2, 0.25) is 0 Å². The summed E-state index contributed by atoms with van der Waals surface area (Å²) in [5.74, 6) is 1.54. The first kappa shape index (κ1) is 24.7. The van der Waals surface area contributed by atoms with Crippen molar-refractivity contribution in [3.8, 4) is 44.3 Å². The molecular formula is C32H27N3O3S. The molecule has 39 heavy (non-hydrogen) atoms. The van der Waals surface area contributed by atoms with Crippen molar-refractivity contribution in [1.29, 1.82) is 0 Å². The molecule has 0 aliphatic rings. The molecule has 6 aromatic rings. The van der Waals surface area contributed by atoms with E-state index in [9.17, 15) is 4.79 Å². The zero-order valence-electron chi connectivity index (χ0n) is 21.9. The molecule has 6 nitrogen and oxygen atoms in total. The minimum Gasteiger partial charge on any atom is -0.497 e. The second kappa shape index (κ2) is 10.3. The monoisotopic (exact) mass is 533 g/mol. The van der Waals surface area contributed by atoms with E-state index < -0.39 is 0 Å². The predicted molar refractivity (Wildman–Crippen MR) is 157 cm³/mol. The van der Waals surface area contributed by atoms with Gasteiger partial charge in [0.25, 0.3) is 5.56 Å². The van der Waals surface area contributed by atoms with Crippen molar-refractivity contribution in [3.05, 3.63) is 118 Å². The number of nitrogens with zero attached hydrogens (tertiary/aromatic N) is 3. The van der Waals surface area contributed by atoms with Crippen LogP contribution >= 0.6 is 11.3 Å². The first-order valence-corrected chi connectivity index (χ1v) is 13.5. The summed E-state index contributed by atoms with van der Waals surface area (Å²) < 4.78 is 14.8. The first-order chi connectivity index (χ1) is 19.0. The third-order valence-corrected chi connectivity index (χ3v) is 7.86. The van der Waals surface area contributed by atoms with E-state index in [1.165, 1.54) is 0 Å². The lowest BCUT2D eigenvalue weighted by atomic mass is 10.0. The average Bonchev–Trinajstić information content (AvgIpc) is 3.65. The molecule has 0 aliphatic heterocycles. The van der Waals surface area contributed by atoms with E-state index in [4.69, 9.17) is 14.6 Å². The Kier molecular flexibility index (Phi) is 6.50. The van der Waals surface area contributed by atoms with Crippen LogP contribution in [0.1, 0.15) is 11.3 Å². The molecule has 0 fully saturated rings. The van der Waals surface area contributed by atoms with Crippen molar-refractivity contribution in [1.82, 2.24) is 14.2 Å². The molecule has 0 N–H and O–H groups in total. The van der Waals surface area contributed by atoms with E-state index in [1.807, 2.05) is 104 Å². The highest BCUT2D eigenvalue weighted by molar-refractivity contribution is 7.13. The number of ether oxygens (including phenoxy) is 2. The molecule has 0 saturated carbocycles. The Morgan fingerprint density at radius 3 is 2.21 bits per heavy atom. The topological polar surface area (TPSA) is 57.8 Å². The van der Waals surface area contributed by atoms with Gasteiger partial charge in [0.15, 0.2) is 0 Å². The number of hydrogen-bond donors (Lipinski definition) is 0. The Bertz CT molecular complexity index is 1800. The van der Waals surface area contributed by atoms with E-state index in [1.54, 1.807) is 23.0 Å². The van der Waals surface area contributed by atoms with Crippen molar-refractivity contribution < 1.29 is 9.47 Å². The smallest absolute Gasteiger partial charge is 0.282 e. The Balaban J connectivity index is 1.40. The maximum atomic E-state index is 14.0. The third kappa shape index (κ3) is 4.51. The molecular weight excluding hydrogens is 506 g/mol. The van der Waals surface area contributed by atoms with Gasteiger partial charge in [0.1, 0.15) is 29.4 Å². The van der Waals surface area contributed by atoms with Crippen molar-refractivity contribution >= 4 is 17.0 Å². The fraction of sp³-hybridized carbons (Fsp3) is 0.125. The molecule has 0 unspecified atom stereocenters. The molecule has 0 aliphatic carbocycles. The zero-order chi connectivity index (χ0) is 26.9. The van der Waals surface area contributed by atoms with Crippen LogP contribution in [0, 0.1) is 6.92 Å². The molecule has 3 aromatic carbocycles. The van der Waals surface area contributed by atoms with Gasteiger partial charge in [0, 0.05) is 23.2 Å². The van der Waals surface area contributed by atoms with Crippen LogP contribution in [0.3, 0.4) is 0 Å². The first-order valence-electron chi connectivity index (χ1n) is 12.6. The average molecular weight is 534 g/mol. The third-order valence-electron chi connectivity index (χ3n) is 6.97. The summed E-state index contributed by atoms with van der Waals surface area (Å²) in [6.07, 6.45) is 0.